The first kappa shape index (κ1) is 21.3. The second-order valence-corrected chi connectivity index (χ2v) is 5.86. The number of carbonyl (C=O) groups excluding carboxylic acids is 1. The molecule has 0 aromatic heterocycles. The lowest BCUT2D eigenvalue weighted by Gasteiger charge is -2.14. The van der Waals surface area contributed by atoms with Crippen LogP contribution in [0, 0.1) is 11.3 Å². The Bertz CT molecular complexity index is 977. The summed E-state index contributed by atoms with van der Waals surface area (Å²) in [7, 11) is 2.92. The Kier molecular flexibility index (Phi) is 7.20. The zero-order chi connectivity index (χ0) is 21.4. The van der Waals surface area contributed by atoms with E-state index in [4.69, 9.17) is 19.3 Å². The summed E-state index contributed by atoms with van der Waals surface area (Å²) in [6.45, 7) is 1.40. The van der Waals surface area contributed by atoms with Crippen LogP contribution in [-0.4, -0.2) is 37.3 Å². The van der Waals surface area contributed by atoms with Crippen LogP contribution in [0.25, 0.3) is 6.08 Å². The van der Waals surface area contributed by atoms with Gasteiger partial charge < -0.3 is 24.6 Å². The summed E-state index contributed by atoms with van der Waals surface area (Å²) in [6.07, 6.45) is 0.330. The number of carboxylic acids is 1. The Labute approximate surface area is 167 Å². The second kappa shape index (κ2) is 9.80. The van der Waals surface area contributed by atoms with Crippen LogP contribution in [0.15, 0.2) is 48.0 Å². The minimum atomic E-state index is -1.11. The van der Waals surface area contributed by atoms with E-state index in [1.807, 2.05) is 6.07 Å². The maximum Gasteiger partial charge on any atom is 0.344 e. The third kappa shape index (κ3) is 5.74. The summed E-state index contributed by atoms with van der Waals surface area (Å²) in [5.74, 6) is -0.617. The van der Waals surface area contributed by atoms with Crippen molar-refractivity contribution in [2.75, 3.05) is 19.5 Å². The zero-order valence-electron chi connectivity index (χ0n) is 16.1. The molecule has 8 heteroatoms. The van der Waals surface area contributed by atoms with Gasteiger partial charge in [0.15, 0.2) is 17.6 Å². The van der Waals surface area contributed by atoms with Crippen molar-refractivity contribution in [3.05, 3.63) is 53.6 Å². The highest BCUT2D eigenvalue weighted by Crippen LogP contribution is 2.30. The zero-order valence-corrected chi connectivity index (χ0v) is 16.1. The molecule has 0 fully saturated rings. The van der Waals surface area contributed by atoms with E-state index in [0.29, 0.717) is 17.0 Å². The van der Waals surface area contributed by atoms with Crippen LogP contribution in [0.5, 0.6) is 17.2 Å². The minimum absolute atomic E-state index is 0.123. The highest BCUT2D eigenvalue weighted by Gasteiger charge is 2.16. The van der Waals surface area contributed by atoms with Crippen LogP contribution < -0.4 is 19.5 Å². The van der Waals surface area contributed by atoms with E-state index >= 15 is 0 Å². The van der Waals surface area contributed by atoms with Gasteiger partial charge in [0.25, 0.3) is 5.91 Å². The van der Waals surface area contributed by atoms with Crippen molar-refractivity contribution >= 4 is 23.6 Å². The number of anilines is 1. The number of nitrogens with zero attached hydrogens (tertiary/aromatic N) is 1. The first-order valence-corrected chi connectivity index (χ1v) is 8.52. The quantitative estimate of drug-likeness (QED) is 0.520. The molecule has 1 atom stereocenters. The molecule has 0 heterocycles. The van der Waals surface area contributed by atoms with E-state index in [2.05, 4.69) is 5.32 Å². The highest BCUT2D eigenvalue weighted by atomic mass is 16.5. The molecule has 0 aliphatic heterocycles. The number of carbonyl (C=O) groups is 2. The van der Waals surface area contributed by atoms with Gasteiger partial charge in [0.05, 0.1) is 14.2 Å². The van der Waals surface area contributed by atoms with Crippen molar-refractivity contribution in [1.29, 1.82) is 5.26 Å². The molecule has 0 saturated carbocycles. The van der Waals surface area contributed by atoms with Gasteiger partial charge in [-0.25, -0.2) is 4.79 Å². The molecule has 0 radical (unpaired) electrons. The Morgan fingerprint density at radius 3 is 2.52 bits per heavy atom. The monoisotopic (exact) mass is 396 g/mol. The highest BCUT2D eigenvalue weighted by molar-refractivity contribution is 6.09. The van der Waals surface area contributed by atoms with Gasteiger partial charge in [-0.15, -0.1) is 0 Å². The topological polar surface area (TPSA) is 118 Å². The van der Waals surface area contributed by atoms with Crippen molar-refractivity contribution in [1.82, 2.24) is 0 Å². The first-order valence-electron chi connectivity index (χ1n) is 8.52. The lowest BCUT2D eigenvalue weighted by atomic mass is 10.1. The normalized spacial score (nSPS) is 11.7. The van der Waals surface area contributed by atoms with E-state index in [0.717, 1.165) is 0 Å². The lowest BCUT2D eigenvalue weighted by Crippen LogP contribution is -2.23. The van der Waals surface area contributed by atoms with Crippen LogP contribution in [0.4, 0.5) is 5.69 Å². The Hall–Kier alpha value is -3.99. The van der Waals surface area contributed by atoms with E-state index in [1.54, 1.807) is 36.4 Å². The number of aliphatic carboxylic acids is 1. The van der Waals surface area contributed by atoms with Gasteiger partial charge in [-0.05, 0) is 42.8 Å². The number of rotatable bonds is 8. The van der Waals surface area contributed by atoms with Crippen LogP contribution in [-0.2, 0) is 9.59 Å². The van der Waals surface area contributed by atoms with Gasteiger partial charge in [-0.3, -0.25) is 4.79 Å². The molecule has 0 spiro atoms. The predicted octanol–water partition coefficient (Wildman–Crippen LogP) is 3.10. The SMILES string of the molecule is COc1cccc(NC(=O)/C(C#N)=C\c2ccc(O[C@@H](C)C(=O)O)c(OC)c2)c1. The Balaban J connectivity index is 2.24. The van der Waals surface area contributed by atoms with Crippen molar-refractivity contribution in [3.63, 3.8) is 0 Å². The number of benzene rings is 2. The largest absolute Gasteiger partial charge is 0.497 e. The molecule has 2 aromatic carbocycles. The fraction of sp³-hybridized carbons (Fsp3) is 0.190. The molecule has 2 N–H and O–H groups in total. The van der Waals surface area contributed by atoms with Crippen LogP contribution in [0.2, 0.25) is 0 Å². The lowest BCUT2D eigenvalue weighted by molar-refractivity contribution is -0.144. The van der Waals surface area contributed by atoms with Gasteiger partial charge in [-0.2, -0.15) is 5.26 Å². The van der Waals surface area contributed by atoms with Crippen molar-refractivity contribution < 1.29 is 28.9 Å². The maximum atomic E-state index is 12.4. The average molecular weight is 396 g/mol. The summed E-state index contributed by atoms with van der Waals surface area (Å²) < 4.78 is 15.7. The Morgan fingerprint density at radius 2 is 1.90 bits per heavy atom. The molecule has 0 aliphatic carbocycles. The number of methoxy groups -OCH3 is 2. The molecule has 0 bridgehead atoms. The van der Waals surface area contributed by atoms with Gasteiger partial charge >= 0.3 is 5.97 Å². The number of nitriles is 1. The molecule has 2 aromatic rings. The smallest absolute Gasteiger partial charge is 0.344 e. The molecule has 0 saturated heterocycles. The summed E-state index contributed by atoms with van der Waals surface area (Å²) in [4.78, 5) is 23.4. The van der Waals surface area contributed by atoms with Crippen molar-refractivity contribution in [3.8, 4) is 23.3 Å². The summed E-state index contributed by atoms with van der Waals surface area (Å²) in [5, 5.41) is 21.0. The van der Waals surface area contributed by atoms with E-state index in [-0.39, 0.29) is 17.1 Å². The number of hydrogen-bond donors (Lipinski definition) is 2. The summed E-state index contributed by atoms with van der Waals surface area (Å²) in [5.41, 5.74) is 0.872. The summed E-state index contributed by atoms with van der Waals surface area (Å²) >= 11 is 0. The van der Waals surface area contributed by atoms with Crippen LogP contribution in [0.3, 0.4) is 0 Å². The van der Waals surface area contributed by atoms with E-state index in [1.165, 1.54) is 33.3 Å². The molecule has 150 valence electrons. The van der Waals surface area contributed by atoms with Crippen LogP contribution >= 0.6 is 0 Å². The van der Waals surface area contributed by atoms with Crippen molar-refractivity contribution in [2.45, 2.75) is 13.0 Å². The standard InChI is InChI=1S/C21H20N2O6/c1-13(21(25)26)29-18-8-7-14(10-19(18)28-3)9-15(12-22)20(24)23-16-5-4-6-17(11-16)27-2/h4-11,13H,1-3H3,(H,23,24)(H,25,26)/b15-9-/t13-/m0/s1. The van der Waals surface area contributed by atoms with E-state index < -0.39 is 18.0 Å². The van der Waals surface area contributed by atoms with Gasteiger partial charge in [0, 0.05) is 11.8 Å². The fourth-order valence-corrected chi connectivity index (χ4v) is 2.33. The number of amides is 1. The number of hydrogen-bond acceptors (Lipinski definition) is 6. The third-order valence-electron chi connectivity index (χ3n) is 3.84. The average Bonchev–Trinajstić information content (AvgIpc) is 2.72. The minimum Gasteiger partial charge on any atom is -0.497 e. The molecular formula is C21H20N2O6. The summed E-state index contributed by atoms with van der Waals surface area (Å²) in [6, 6.07) is 13.3. The van der Waals surface area contributed by atoms with Crippen molar-refractivity contribution in [2.24, 2.45) is 0 Å². The number of nitrogens with one attached hydrogen (secondary N) is 1. The second-order valence-electron chi connectivity index (χ2n) is 5.86. The Morgan fingerprint density at radius 1 is 1.14 bits per heavy atom. The molecular weight excluding hydrogens is 376 g/mol. The predicted molar refractivity (Wildman–Crippen MR) is 106 cm³/mol. The molecule has 29 heavy (non-hydrogen) atoms. The maximum absolute atomic E-state index is 12.4. The van der Waals surface area contributed by atoms with Crippen LogP contribution in [0.1, 0.15) is 12.5 Å². The van der Waals surface area contributed by atoms with E-state index in [9.17, 15) is 14.9 Å². The first-order chi connectivity index (χ1) is 13.9. The fourth-order valence-electron chi connectivity index (χ4n) is 2.33. The van der Waals surface area contributed by atoms with Gasteiger partial charge in [0.2, 0.25) is 0 Å². The molecule has 2 rings (SSSR count). The molecule has 8 nitrogen and oxygen atoms in total. The van der Waals surface area contributed by atoms with Gasteiger partial charge in [0.1, 0.15) is 17.4 Å². The molecule has 0 aliphatic rings. The number of carboxylic acid groups (broad SMARTS) is 1. The molecule has 0 unspecified atom stereocenters. The molecule has 1 amide bonds. The third-order valence-corrected chi connectivity index (χ3v) is 3.84. The number of ether oxygens (including phenoxy) is 3. The van der Waals surface area contributed by atoms with Gasteiger partial charge in [-0.1, -0.05) is 12.1 Å².